The van der Waals surface area contributed by atoms with Crippen molar-refractivity contribution in [3.05, 3.63) is 39.7 Å². The maximum Gasteiger partial charge on any atom is 0.179 e. The summed E-state index contributed by atoms with van der Waals surface area (Å²) >= 11 is 6.43. The lowest BCUT2D eigenvalue weighted by molar-refractivity contribution is 0.246. The van der Waals surface area contributed by atoms with Crippen LogP contribution in [0.25, 0.3) is 0 Å². The zero-order valence-corrected chi connectivity index (χ0v) is 16.1. The molecule has 5 nitrogen and oxygen atoms in total. The fourth-order valence-electron chi connectivity index (χ4n) is 3.78. The number of likely N-dealkylation sites (tertiary alicyclic amines) is 1. The van der Waals surface area contributed by atoms with Crippen LogP contribution in [-0.2, 0) is 6.54 Å². The van der Waals surface area contributed by atoms with E-state index in [0.29, 0.717) is 29.2 Å². The standard InChI is InChI=1S/C19H26ClN3O2/c1-5-25-19-15(20)9-14(10-17(19)24-4)11-23-8-6-7-16(23)18-12(2)21-22-13(18)3/h9-10,16H,5-8,11H2,1-4H3,(H,21,22). The minimum absolute atomic E-state index is 0.398. The minimum Gasteiger partial charge on any atom is -0.493 e. The molecule has 0 amide bonds. The Morgan fingerprint density at radius 3 is 2.80 bits per heavy atom. The maximum atomic E-state index is 6.43. The summed E-state index contributed by atoms with van der Waals surface area (Å²) < 4.78 is 11.1. The number of aryl methyl sites for hydroxylation is 2. The second-order valence-corrected chi connectivity index (χ2v) is 6.93. The Labute approximate surface area is 154 Å². The van der Waals surface area contributed by atoms with Gasteiger partial charge in [0.15, 0.2) is 11.5 Å². The number of nitrogens with zero attached hydrogens (tertiary/aromatic N) is 2. The van der Waals surface area contributed by atoms with Gasteiger partial charge in [-0.3, -0.25) is 10.00 Å². The second kappa shape index (κ2) is 7.67. The molecule has 0 bridgehead atoms. The Hall–Kier alpha value is -1.72. The van der Waals surface area contributed by atoms with Gasteiger partial charge >= 0.3 is 0 Å². The van der Waals surface area contributed by atoms with E-state index in [2.05, 4.69) is 28.9 Å². The maximum absolute atomic E-state index is 6.43. The first-order chi connectivity index (χ1) is 12.0. The molecule has 1 atom stereocenters. The van der Waals surface area contributed by atoms with E-state index in [-0.39, 0.29) is 0 Å². The molecule has 136 valence electrons. The molecular formula is C19H26ClN3O2. The zero-order chi connectivity index (χ0) is 18.0. The van der Waals surface area contributed by atoms with Gasteiger partial charge < -0.3 is 9.47 Å². The average molecular weight is 364 g/mol. The predicted octanol–water partition coefficient (Wildman–Crippen LogP) is 4.42. The lowest BCUT2D eigenvalue weighted by Crippen LogP contribution is -2.23. The van der Waals surface area contributed by atoms with Crippen molar-refractivity contribution in [2.24, 2.45) is 0 Å². The number of methoxy groups -OCH3 is 1. The van der Waals surface area contributed by atoms with Gasteiger partial charge in [-0.15, -0.1) is 0 Å². The smallest absolute Gasteiger partial charge is 0.179 e. The third-order valence-corrected chi connectivity index (χ3v) is 5.13. The summed E-state index contributed by atoms with van der Waals surface area (Å²) in [5.74, 6) is 1.31. The van der Waals surface area contributed by atoms with Crippen LogP contribution >= 0.6 is 11.6 Å². The number of halogens is 1. The summed E-state index contributed by atoms with van der Waals surface area (Å²) in [7, 11) is 1.65. The van der Waals surface area contributed by atoms with Crippen molar-refractivity contribution >= 4 is 11.6 Å². The van der Waals surface area contributed by atoms with Crippen LogP contribution in [0, 0.1) is 13.8 Å². The highest BCUT2D eigenvalue weighted by molar-refractivity contribution is 6.32. The Morgan fingerprint density at radius 2 is 2.16 bits per heavy atom. The number of ether oxygens (including phenoxy) is 2. The van der Waals surface area contributed by atoms with Crippen molar-refractivity contribution in [1.82, 2.24) is 15.1 Å². The molecule has 0 aliphatic carbocycles. The highest BCUT2D eigenvalue weighted by Crippen LogP contribution is 2.39. The average Bonchev–Trinajstić information content (AvgIpc) is 3.16. The first-order valence-corrected chi connectivity index (χ1v) is 9.17. The first kappa shape index (κ1) is 18.1. The van der Waals surface area contributed by atoms with E-state index >= 15 is 0 Å². The fraction of sp³-hybridized carbons (Fsp3) is 0.526. The summed E-state index contributed by atoms with van der Waals surface area (Å²) in [5.41, 5.74) is 4.73. The van der Waals surface area contributed by atoms with E-state index in [1.165, 1.54) is 12.0 Å². The molecule has 0 spiro atoms. The molecule has 1 aromatic heterocycles. The van der Waals surface area contributed by atoms with Gasteiger partial charge in [0, 0.05) is 23.8 Å². The topological polar surface area (TPSA) is 50.4 Å². The first-order valence-electron chi connectivity index (χ1n) is 8.79. The molecule has 1 aliphatic rings. The van der Waals surface area contributed by atoms with E-state index in [1.54, 1.807) is 7.11 Å². The van der Waals surface area contributed by atoms with E-state index in [1.807, 2.05) is 19.1 Å². The number of benzene rings is 1. The van der Waals surface area contributed by atoms with Gasteiger partial charge in [-0.05, 0) is 57.9 Å². The van der Waals surface area contributed by atoms with Crippen molar-refractivity contribution in [3.8, 4) is 11.5 Å². The van der Waals surface area contributed by atoms with Crippen molar-refractivity contribution in [2.75, 3.05) is 20.3 Å². The quantitative estimate of drug-likeness (QED) is 0.825. The second-order valence-electron chi connectivity index (χ2n) is 6.52. The summed E-state index contributed by atoms with van der Waals surface area (Å²) in [6.07, 6.45) is 2.35. The van der Waals surface area contributed by atoms with Crippen molar-refractivity contribution in [3.63, 3.8) is 0 Å². The van der Waals surface area contributed by atoms with Gasteiger partial charge in [-0.2, -0.15) is 5.10 Å². The number of nitrogens with one attached hydrogen (secondary N) is 1. The Balaban J connectivity index is 1.85. The SMILES string of the molecule is CCOc1c(Cl)cc(CN2CCCC2c2c(C)n[nH]c2C)cc1OC. The summed E-state index contributed by atoms with van der Waals surface area (Å²) in [6.45, 7) is 8.57. The van der Waals surface area contributed by atoms with Gasteiger partial charge in [0.1, 0.15) is 0 Å². The van der Waals surface area contributed by atoms with Gasteiger partial charge in [0.2, 0.25) is 0 Å². The molecule has 25 heavy (non-hydrogen) atoms. The predicted molar refractivity (Wildman–Crippen MR) is 99.6 cm³/mol. The molecule has 1 N–H and O–H groups in total. The molecule has 1 aromatic carbocycles. The van der Waals surface area contributed by atoms with Crippen LogP contribution in [0.5, 0.6) is 11.5 Å². The molecule has 2 heterocycles. The Morgan fingerprint density at radius 1 is 1.36 bits per heavy atom. The van der Waals surface area contributed by atoms with Crippen molar-refractivity contribution < 1.29 is 9.47 Å². The Bertz CT molecular complexity index is 725. The number of aromatic amines is 1. The monoisotopic (exact) mass is 363 g/mol. The number of hydrogen-bond donors (Lipinski definition) is 1. The van der Waals surface area contributed by atoms with Crippen LogP contribution in [0.2, 0.25) is 5.02 Å². The molecule has 1 saturated heterocycles. The molecule has 3 rings (SSSR count). The van der Waals surface area contributed by atoms with E-state index in [9.17, 15) is 0 Å². The number of H-pyrrole nitrogens is 1. The fourth-order valence-corrected chi connectivity index (χ4v) is 4.06. The molecule has 1 unspecified atom stereocenters. The molecule has 6 heteroatoms. The van der Waals surface area contributed by atoms with Crippen LogP contribution in [0.1, 0.15) is 48.3 Å². The van der Waals surface area contributed by atoms with Crippen LogP contribution in [-0.4, -0.2) is 35.4 Å². The van der Waals surface area contributed by atoms with Gasteiger partial charge in [-0.1, -0.05) is 11.6 Å². The molecule has 1 aliphatic heterocycles. The van der Waals surface area contributed by atoms with Crippen LogP contribution < -0.4 is 9.47 Å². The molecular weight excluding hydrogens is 338 g/mol. The van der Waals surface area contributed by atoms with Crippen LogP contribution in [0.15, 0.2) is 12.1 Å². The van der Waals surface area contributed by atoms with Crippen molar-refractivity contribution in [1.29, 1.82) is 0 Å². The lowest BCUT2D eigenvalue weighted by atomic mass is 10.0. The molecule has 1 fully saturated rings. The Kier molecular flexibility index (Phi) is 5.54. The summed E-state index contributed by atoms with van der Waals surface area (Å²) in [4.78, 5) is 2.50. The molecule has 2 aromatic rings. The third-order valence-electron chi connectivity index (χ3n) is 4.85. The molecule has 0 saturated carbocycles. The van der Waals surface area contributed by atoms with E-state index in [0.717, 1.165) is 36.5 Å². The summed E-state index contributed by atoms with van der Waals surface area (Å²) in [6, 6.07) is 4.41. The highest BCUT2D eigenvalue weighted by Gasteiger charge is 2.30. The largest absolute Gasteiger partial charge is 0.493 e. The normalized spacial score (nSPS) is 17.9. The van der Waals surface area contributed by atoms with Crippen LogP contribution in [0.4, 0.5) is 0 Å². The number of aromatic nitrogens is 2. The third kappa shape index (κ3) is 3.62. The molecule has 0 radical (unpaired) electrons. The van der Waals surface area contributed by atoms with Gasteiger partial charge in [0.25, 0.3) is 0 Å². The van der Waals surface area contributed by atoms with E-state index < -0.39 is 0 Å². The highest BCUT2D eigenvalue weighted by atomic mass is 35.5. The summed E-state index contributed by atoms with van der Waals surface area (Å²) in [5, 5.41) is 8.08. The van der Waals surface area contributed by atoms with Gasteiger partial charge in [-0.25, -0.2) is 0 Å². The van der Waals surface area contributed by atoms with E-state index in [4.69, 9.17) is 21.1 Å². The van der Waals surface area contributed by atoms with Gasteiger partial charge in [0.05, 0.1) is 24.4 Å². The number of hydrogen-bond acceptors (Lipinski definition) is 4. The lowest BCUT2D eigenvalue weighted by Gasteiger charge is -2.25. The van der Waals surface area contributed by atoms with Crippen LogP contribution in [0.3, 0.4) is 0 Å². The zero-order valence-electron chi connectivity index (χ0n) is 15.4. The number of rotatable bonds is 6. The van der Waals surface area contributed by atoms with Crippen molar-refractivity contribution in [2.45, 2.75) is 46.2 Å². The minimum atomic E-state index is 0.398.